The molecule has 0 aromatic carbocycles. The van der Waals surface area contributed by atoms with Crippen molar-refractivity contribution >= 4 is 5.97 Å². The number of carbonyl (C=O) groups is 1. The van der Waals surface area contributed by atoms with E-state index in [1.807, 2.05) is 13.8 Å². The number of carbonyl (C=O) groups excluding carboxylic acids is 1. The van der Waals surface area contributed by atoms with Crippen LogP contribution in [0.4, 0.5) is 0 Å². The molecular weight excluding hydrogens is 196 g/mol. The van der Waals surface area contributed by atoms with E-state index in [0.29, 0.717) is 31.1 Å². The Morgan fingerprint density at radius 2 is 2.00 bits per heavy atom. The standard InChI is InChI=1S/C11H20O4/c1-9(2)7-11(12)15-8-10(14-4)5-6-13-3/h8-9H,5-7H2,1-4H3. The Bertz CT molecular complexity index is 209. The third-order valence-electron chi connectivity index (χ3n) is 1.71. The zero-order valence-electron chi connectivity index (χ0n) is 9.91. The van der Waals surface area contributed by atoms with Crippen LogP contribution in [-0.4, -0.2) is 26.8 Å². The Kier molecular flexibility index (Phi) is 7.72. The molecule has 0 bridgehead atoms. The third kappa shape index (κ3) is 8.00. The predicted octanol–water partition coefficient (Wildman–Crippen LogP) is 2.10. The summed E-state index contributed by atoms with van der Waals surface area (Å²) in [6.07, 6.45) is 2.36. The minimum absolute atomic E-state index is 0.239. The molecule has 0 aliphatic carbocycles. The lowest BCUT2D eigenvalue weighted by molar-refractivity contribution is -0.139. The number of esters is 1. The predicted molar refractivity (Wildman–Crippen MR) is 57.1 cm³/mol. The molecule has 0 saturated heterocycles. The van der Waals surface area contributed by atoms with Crippen LogP contribution in [-0.2, 0) is 19.0 Å². The fraction of sp³-hybridized carbons (Fsp3) is 0.727. The molecule has 0 N–H and O–H groups in total. The van der Waals surface area contributed by atoms with E-state index in [1.54, 1.807) is 7.11 Å². The number of hydrogen-bond donors (Lipinski definition) is 0. The summed E-state index contributed by atoms with van der Waals surface area (Å²) in [6, 6.07) is 0. The first-order chi connectivity index (χ1) is 7.10. The molecule has 0 aromatic rings. The van der Waals surface area contributed by atoms with Crippen molar-refractivity contribution in [2.45, 2.75) is 26.7 Å². The van der Waals surface area contributed by atoms with Crippen molar-refractivity contribution in [3.05, 3.63) is 12.0 Å². The van der Waals surface area contributed by atoms with E-state index in [2.05, 4.69) is 0 Å². The highest BCUT2D eigenvalue weighted by Crippen LogP contribution is 2.05. The van der Waals surface area contributed by atoms with Crippen molar-refractivity contribution in [3.8, 4) is 0 Å². The molecule has 0 heterocycles. The summed E-state index contributed by atoms with van der Waals surface area (Å²) in [6.45, 7) is 4.47. The van der Waals surface area contributed by atoms with Gasteiger partial charge in [0.25, 0.3) is 0 Å². The lowest BCUT2D eigenvalue weighted by atomic mass is 10.1. The maximum atomic E-state index is 11.2. The molecule has 0 fully saturated rings. The molecule has 4 heteroatoms. The van der Waals surface area contributed by atoms with Gasteiger partial charge in [0.15, 0.2) is 0 Å². The summed E-state index contributed by atoms with van der Waals surface area (Å²) < 4.78 is 14.8. The lowest BCUT2D eigenvalue weighted by Gasteiger charge is -2.06. The number of methoxy groups -OCH3 is 2. The van der Waals surface area contributed by atoms with Gasteiger partial charge in [0.1, 0.15) is 12.0 Å². The topological polar surface area (TPSA) is 44.8 Å². The summed E-state index contributed by atoms with van der Waals surface area (Å²) in [5.74, 6) is 0.668. The molecule has 0 atom stereocenters. The summed E-state index contributed by atoms with van der Waals surface area (Å²) in [5, 5.41) is 0. The van der Waals surface area contributed by atoms with Gasteiger partial charge >= 0.3 is 5.97 Å². The largest absolute Gasteiger partial charge is 0.498 e. The Morgan fingerprint density at radius 3 is 2.47 bits per heavy atom. The minimum atomic E-state index is -0.239. The van der Waals surface area contributed by atoms with Gasteiger partial charge in [-0.25, -0.2) is 0 Å². The van der Waals surface area contributed by atoms with Gasteiger partial charge in [0.05, 0.1) is 13.7 Å². The van der Waals surface area contributed by atoms with E-state index in [1.165, 1.54) is 13.4 Å². The highest BCUT2D eigenvalue weighted by molar-refractivity contribution is 5.70. The van der Waals surface area contributed by atoms with Gasteiger partial charge in [0.2, 0.25) is 0 Å². The van der Waals surface area contributed by atoms with E-state index >= 15 is 0 Å². The van der Waals surface area contributed by atoms with E-state index in [-0.39, 0.29) is 5.97 Å². The van der Waals surface area contributed by atoms with Crippen LogP contribution in [0.2, 0.25) is 0 Å². The smallest absolute Gasteiger partial charge is 0.310 e. The minimum Gasteiger partial charge on any atom is -0.498 e. The lowest BCUT2D eigenvalue weighted by Crippen LogP contribution is -2.05. The van der Waals surface area contributed by atoms with Crippen LogP contribution < -0.4 is 0 Å². The van der Waals surface area contributed by atoms with Gasteiger partial charge in [-0.15, -0.1) is 0 Å². The zero-order chi connectivity index (χ0) is 11.7. The van der Waals surface area contributed by atoms with Crippen LogP contribution in [0.1, 0.15) is 26.7 Å². The molecule has 15 heavy (non-hydrogen) atoms. The summed E-state index contributed by atoms with van der Waals surface area (Å²) in [5.41, 5.74) is 0. The molecule has 88 valence electrons. The van der Waals surface area contributed by atoms with Crippen LogP contribution in [0.5, 0.6) is 0 Å². The second-order valence-electron chi connectivity index (χ2n) is 3.62. The molecule has 0 unspecified atom stereocenters. The fourth-order valence-corrected chi connectivity index (χ4v) is 0.925. The summed E-state index contributed by atoms with van der Waals surface area (Å²) in [4.78, 5) is 11.2. The van der Waals surface area contributed by atoms with Gasteiger partial charge < -0.3 is 14.2 Å². The van der Waals surface area contributed by atoms with Crippen molar-refractivity contribution in [2.75, 3.05) is 20.8 Å². The van der Waals surface area contributed by atoms with Gasteiger partial charge in [-0.3, -0.25) is 4.79 Å². The Morgan fingerprint density at radius 1 is 1.33 bits per heavy atom. The molecule has 0 saturated carbocycles. The maximum Gasteiger partial charge on any atom is 0.310 e. The molecular formula is C11H20O4. The van der Waals surface area contributed by atoms with Crippen LogP contribution in [0.3, 0.4) is 0 Å². The molecule has 0 aromatic heterocycles. The third-order valence-corrected chi connectivity index (χ3v) is 1.71. The Labute approximate surface area is 91.2 Å². The normalized spacial score (nSPS) is 11.7. The second kappa shape index (κ2) is 8.29. The first kappa shape index (κ1) is 14.0. The molecule has 0 aliphatic rings. The second-order valence-corrected chi connectivity index (χ2v) is 3.62. The van der Waals surface area contributed by atoms with Crippen molar-refractivity contribution in [2.24, 2.45) is 5.92 Å². The van der Waals surface area contributed by atoms with Gasteiger partial charge in [-0.05, 0) is 5.92 Å². The number of ether oxygens (including phenoxy) is 3. The van der Waals surface area contributed by atoms with Crippen LogP contribution in [0.25, 0.3) is 0 Å². The van der Waals surface area contributed by atoms with Crippen LogP contribution in [0, 0.1) is 5.92 Å². The van der Waals surface area contributed by atoms with Crippen molar-refractivity contribution in [3.63, 3.8) is 0 Å². The molecule has 0 rings (SSSR count). The van der Waals surface area contributed by atoms with Crippen LogP contribution in [0.15, 0.2) is 12.0 Å². The molecule has 0 amide bonds. The van der Waals surface area contributed by atoms with E-state index in [9.17, 15) is 4.79 Å². The van der Waals surface area contributed by atoms with E-state index in [4.69, 9.17) is 14.2 Å². The zero-order valence-corrected chi connectivity index (χ0v) is 9.91. The molecule has 0 aliphatic heterocycles. The number of rotatable bonds is 7. The van der Waals surface area contributed by atoms with Crippen molar-refractivity contribution in [1.82, 2.24) is 0 Å². The van der Waals surface area contributed by atoms with E-state index in [0.717, 1.165) is 0 Å². The average Bonchev–Trinajstić information content (AvgIpc) is 2.17. The first-order valence-corrected chi connectivity index (χ1v) is 5.01. The number of hydrogen-bond acceptors (Lipinski definition) is 4. The van der Waals surface area contributed by atoms with Gasteiger partial charge in [-0.2, -0.15) is 0 Å². The Hall–Kier alpha value is -1.03. The maximum absolute atomic E-state index is 11.2. The van der Waals surface area contributed by atoms with Gasteiger partial charge in [-0.1, -0.05) is 13.8 Å². The van der Waals surface area contributed by atoms with E-state index < -0.39 is 0 Å². The monoisotopic (exact) mass is 216 g/mol. The SMILES string of the molecule is COCCC(=COC(=O)CC(C)C)OC. The van der Waals surface area contributed by atoms with Crippen molar-refractivity contribution < 1.29 is 19.0 Å². The van der Waals surface area contributed by atoms with Gasteiger partial charge in [0, 0.05) is 20.0 Å². The Balaban J connectivity index is 3.93. The fourth-order valence-electron chi connectivity index (χ4n) is 0.925. The summed E-state index contributed by atoms with van der Waals surface area (Å²) in [7, 11) is 3.15. The molecule has 4 nitrogen and oxygen atoms in total. The molecule has 0 radical (unpaired) electrons. The first-order valence-electron chi connectivity index (χ1n) is 5.01. The quantitative estimate of drug-likeness (QED) is 0.483. The highest BCUT2D eigenvalue weighted by atomic mass is 16.5. The highest BCUT2D eigenvalue weighted by Gasteiger charge is 2.05. The average molecular weight is 216 g/mol. The molecule has 0 spiro atoms. The summed E-state index contributed by atoms with van der Waals surface area (Å²) >= 11 is 0. The van der Waals surface area contributed by atoms with Crippen molar-refractivity contribution in [1.29, 1.82) is 0 Å². The van der Waals surface area contributed by atoms with Crippen LogP contribution >= 0.6 is 0 Å².